The highest BCUT2D eigenvalue weighted by molar-refractivity contribution is 5.94. The number of benzene rings is 1. The van der Waals surface area contributed by atoms with Crippen molar-refractivity contribution in [2.24, 2.45) is 0 Å². The van der Waals surface area contributed by atoms with Crippen molar-refractivity contribution < 1.29 is 9.53 Å². The molecule has 0 amide bonds. The van der Waals surface area contributed by atoms with Gasteiger partial charge in [0.15, 0.2) is 16.9 Å². The predicted octanol–water partition coefficient (Wildman–Crippen LogP) is 1.73. The molecule has 7 heteroatoms. The fraction of sp³-hybridized carbons (Fsp3) is 0.214. The monoisotopic (exact) mass is 283 g/mol. The number of carbonyl (C=O) groups is 1. The molecule has 0 spiro atoms. The quantitative estimate of drug-likeness (QED) is 0.681. The van der Waals surface area contributed by atoms with Gasteiger partial charge in [-0.2, -0.15) is 9.67 Å². The number of aryl methyl sites for hydroxylation is 1. The van der Waals surface area contributed by atoms with Gasteiger partial charge in [0.25, 0.3) is 0 Å². The van der Waals surface area contributed by atoms with Gasteiger partial charge in [-0.15, -0.1) is 5.10 Å². The van der Waals surface area contributed by atoms with Crippen molar-refractivity contribution in [1.29, 1.82) is 0 Å². The minimum atomic E-state index is -0.00958. The highest BCUT2D eigenvalue weighted by Crippen LogP contribution is 2.22. The third-order valence-electron chi connectivity index (χ3n) is 3.07. The topological polar surface area (TPSA) is 82.8 Å². The van der Waals surface area contributed by atoms with Crippen LogP contribution in [0, 0.1) is 6.92 Å². The van der Waals surface area contributed by atoms with Gasteiger partial charge >= 0.3 is 0 Å². The Morgan fingerprint density at radius 2 is 2.10 bits per heavy atom. The molecule has 0 unspecified atom stereocenters. The van der Waals surface area contributed by atoms with E-state index in [0.717, 1.165) is 0 Å². The van der Waals surface area contributed by atoms with Gasteiger partial charge in [0.05, 0.1) is 12.8 Å². The molecule has 106 valence electrons. The molecule has 0 aliphatic heterocycles. The largest absolute Gasteiger partial charge is 0.479 e. The summed E-state index contributed by atoms with van der Waals surface area (Å²) in [5.41, 5.74) is 2.34. The van der Waals surface area contributed by atoms with E-state index >= 15 is 0 Å². The Balaban J connectivity index is 2.24. The van der Waals surface area contributed by atoms with Crippen LogP contribution in [-0.2, 0) is 0 Å². The standard InChI is InChI=1S/C14H13N5O2/c1-8(20)10-5-4-6-11(7-10)19-13-12(17-18-19)14(21-3)16-9(2)15-13/h4-7H,1-3H3. The summed E-state index contributed by atoms with van der Waals surface area (Å²) < 4.78 is 6.77. The first kappa shape index (κ1) is 13.2. The van der Waals surface area contributed by atoms with Crippen LogP contribution in [0.5, 0.6) is 5.88 Å². The lowest BCUT2D eigenvalue weighted by molar-refractivity contribution is 0.101. The van der Waals surface area contributed by atoms with Crippen molar-refractivity contribution in [1.82, 2.24) is 25.0 Å². The minimum absolute atomic E-state index is 0.00958. The van der Waals surface area contributed by atoms with E-state index in [1.165, 1.54) is 14.0 Å². The molecular weight excluding hydrogens is 270 g/mol. The maximum Gasteiger partial charge on any atom is 0.247 e. The van der Waals surface area contributed by atoms with Gasteiger partial charge in [-0.1, -0.05) is 17.3 Å². The van der Waals surface area contributed by atoms with E-state index in [-0.39, 0.29) is 5.78 Å². The van der Waals surface area contributed by atoms with Crippen LogP contribution in [0.4, 0.5) is 0 Å². The number of nitrogens with zero attached hydrogens (tertiary/aromatic N) is 5. The average Bonchev–Trinajstić information content (AvgIpc) is 2.90. The highest BCUT2D eigenvalue weighted by Gasteiger charge is 2.15. The summed E-state index contributed by atoms with van der Waals surface area (Å²) in [4.78, 5) is 20.0. The first-order valence-corrected chi connectivity index (χ1v) is 6.35. The van der Waals surface area contributed by atoms with Crippen molar-refractivity contribution in [2.45, 2.75) is 13.8 Å². The van der Waals surface area contributed by atoms with E-state index in [1.807, 2.05) is 6.07 Å². The van der Waals surface area contributed by atoms with Crippen molar-refractivity contribution in [3.63, 3.8) is 0 Å². The second kappa shape index (κ2) is 4.93. The third kappa shape index (κ3) is 2.22. The van der Waals surface area contributed by atoms with Gasteiger partial charge in [0.2, 0.25) is 5.88 Å². The molecule has 3 rings (SSSR count). The normalized spacial score (nSPS) is 10.8. The number of ether oxygens (including phenoxy) is 1. The summed E-state index contributed by atoms with van der Waals surface area (Å²) in [6.45, 7) is 3.29. The molecule has 7 nitrogen and oxygen atoms in total. The van der Waals surface area contributed by atoms with Gasteiger partial charge in [-0.05, 0) is 26.0 Å². The van der Waals surface area contributed by atoms with Crippen LogP contribution in [0.15, 0.2) is 24.3 Å². The Bertz CT molecular complexity index is 840. The van der Waals surface area contributed by atoms with Crippen LogP contribution < -0.4 is 4.74 Å². The van der Waals surface area contributed by atoms with Crippen LogP contribution >= 0.6 is 0 Å². The molecule has 3 aromatic rings. The molecule has 2 aromatic heterocycles. The molecule has 21 heavy (non-hydrogen) atoms. The summed E-state index contributed by atoms with van der Waals surface area (Å²) in [5.74, 6) is 0.932. The highest BCUT2D eigenvalue weighted by atomic mass is 16.5. The fourth-order valence-corrected chi connectivity index (χ4v) is 2.07. The molecule has 1 aromatic carbocycles. The van der Waals surface area contributed by atoms with Gasteiger partial charge < -0.3 is 4.74 Å². The molecule has 0 saturated heterocycles. The molecule has 0 atom stereocenters. The number of fused-ring (bicyclic) bond motifs is 1. The van der Waals surface area contributed by atoms with Crippen molar-refractivity contribution >= 4 is 16.9 Å². The second-order valence-electron chi connectivity index (χ2n) is 4.56. The van der Waals surface area contributed by atoms with E-state index in [9.17, 15) is 4.79 Å². The lowest BCUT2D eigenvalue weighted by Crippen LogP contribution is -2.02. The van der Waals surface area contributed by atoms with Gasteiger partial charge in [-0.25, -0.2) is 4.98 Å². The first-order chi connectivity index (χ1) is 10.1. The van der Waals surface area contributed by atoms with E-state index < -0.39 is 0 Å². The van der Waals surface area contributed by atoms with Gasteiger partial charge in [-0.3, -0.25) is 4.79 Å². The van der Waals surface area contributed by atoms with Crippen molar-refractivity contribution in [3.05, 3.63) is 35.7 Å². The Morgan fingerprint density at radius 3 is 2.81 bits per heavy atom. The summed E-state index contributed by atoms with van der Waals surface area (Å²) >= 11 is 0. The summed E-state index contributed by atoms with van der Waals surface area (Å²) in [5, 5.41) is 8.15. The Hall–Kier alpha value is -2.83. The average molecular weight is 283 g/mol. The number of hydrogen-bond acceptors (Lipinski definition) is 6. The zero-order chi connectivity index (χ0) is 15.0. The minimum Gasteiger partial charge on any atom is -0.479 e. The van der Waals surface area contributed by atoms with Crippen LogP contribution in [0.3, 0.4) is 0 Å². The number of rotatable bonds is 3. The molecule has 0 bridgehead atoms. The van der Waals surface area contributed by atoms with Gasteiger partial charge in [0, 0.05) is 5.56 Å². The smallest absolute Gasteiger partial charge is 0.247 e. The second-order valence-corrected chi connectivity index (χ2v) is 4.56. The van der Waals surface area contributed by atoms with E-state index in [1.54, 1.807) is 29.8 Å². The third-order valence-corrected chi connectivity index (χ3v) is 3.07. The van der Waals surface area contributed by atoms with Crippen LogP contribution in [0.2, 0.25) is 0 Å². The van der Waals surface area contributed by atoms with E-state index in [2.05, 4.69) is 20.3 Å². The lowest BCUT2D eigenvalue weighted by Gasteiger charge is -2.04. The molecular formula is C14H13N5O2. The predicted molar refractivity (Wildman–Crippen MR) is 75.7 cm³/mol. The lowest BCUT2D eigenvalue weighted by atomic mass is 10.1. The van der Waals surface area contributed by atoms with Crippen LogP contribution in [-0.4, -0.2) is 37.9 Å². The molecule has 0 saturated carbocycles. The number of carbonyl (C=O) groups excluding carboxylic acids is 1. The molecule has 0 N–H and O–H groups in total. The maximum absolute atomic E-state index is 11.5. The van der Waals surface area contributed by atoms with Crippen LogP contribution in [0.1, 0.15) is 23.1 Å². The zero-order valence-electron chi connectivity index (χ0n) is 11.9. The summed E-state index contributed by atoms with van der Waals surface area (Å²) in [7, 11) is 1.52. The molecule has 0 fully saturated rings. The summed E-state index contributed by atoms with van der Waals surface area (Å²) in [6.07, 6.45) is 0. The number of aromatic nitrogens is 5. The molecule has 0 radical (unpaired) electrons. The zero-order valence-corrected chi connectivity index (χ0v) is 11.9. The van der Waals surface area contributed by atoms with Crippen molar-refractivity contribution in [2.75, 3.05) is 7.11 Å². The first-order valence-electron chi connectivity index (χ1n) is 6.35. The Labute approximate surface area is 120 Å². The van der Waals surface area contributed by atoms with E-state index in [4.69, 9.17) is 4.74 Å². The summed E-state index contributed by atoms with van der Waals surface area (Å²) in [6, 6.07) is 7.14. The number of Topliss-reactive ketones (excluding diaryl/α,β-unsaturated/α-hetero) is 1. The fourth-order valence-electron chi connectivity index (χ4n) is 2.07. The Morgan fingerprint density at radius 1 is 1.29 bits per heavy atom. The molecule has 0 aliphatic carbocycles. The Kier molecular flexibility index (Phi) is 3.09. The number of methoxy groups -OCH3 is 1. The molecule has 2 heterocycles. The number of hydrogen-bond donors (Lipinski definition) is 0. The SMILES string of the molecule is COc1nc(C)nc2c1nnn2-c1cccc(C(C)=O)c1. The van der Waals surface area contributed by atoms with E-state index in [0.29, 0.717) is 34.1 Å². The van der Waals surface area contributed by atoms with Crippen LogP contribution in [0.25, 0.3) is 16.9 Å². The number of ketones is 1. The maximum atomic E-state index is 11.5. The van der Waals surface area contributed by atoms with Crippen molar-refractivity contribution in [3.8, 4) is 11.6 Å². The van der Waals surface area contributed by atoms with Gasteiger partial charge in [0.1, 0.15) is 5.82 Å². The molecule has 0 aliphatic rings.